The first kappa shape index (κ1) is 12.5. The van der Waals surface area contributed by atoms with Gasteiger partial charge in [-0.2, -0.15) is 0 Å². The van der Waals surface area contributed by atoms with E-state index in [9.17, 15) is 0 Å². The predicted octanol–water partition coefficient (Wildman–Crippen LogP) is 3.20. The molecular weight excluding hydrogens is 258 g/mol. The van der Waals surface area contributed by atoms with Crippen LogP contribution in [0.1, 0.15) is 18.9 Å². The smallest absolute Gasteiger partial charge is 0.194 e. The summed E-state index contributed by atoms with van der Waals surface area (Å²) in [5.41, 5.74) is 0. The molecule has 92 valence electrons. The summed E-state index contributed by atoms with van der Waals surface area (Å²) in [6, 6.07) is 3.50. The van der Waals surface area contributed by atoms with E-state index in [0.717, 1.165) is 23.1 Å². The number of nitrogens with one attached hydrogen (secondary N) is 1. The lowest BCUT2D eigenvalue weighted by Crippen LogP contribution is -2.18. The Labute approximate surface area is 109 Å². The summed E-state index contributed by atoms with van der Waals surface area (Å²) in [4.78, 5) is 0. The molecule has 0 amide bonds. The normalized spacial score (nSPS) is 11.3. The molecule has 0 spiro atoms. The molecule has 0 saturated carbocycles. The zero-order chi connectivity index (χ0) is 12.3. The molecular formula is C11H14ClN3OS. The van der Waals surface area contributed by atoms with Gasteiger partial charge in [0.05, 0.1) is 0 Å². The van der Waals surface area contributed by atoms with Gasteiger partial charge in [-0.05, 0) is 36.2 Å². The third-order valence-electron chi connectivity index (χ3n) is 2.08. The predicted molar refractivity (Wildman–Crippen MR) is 69.2 cm³/mol. The summed E-state index contributed by atoms with van der Waals surface area (Å²) < 4.78 is 5.28. The van der Waals surface area contributed by atoms with Crippen LogP contribution in [-0.4, -0.2) is 16.7 Å². The van der Waals surface area contributed by atoms with Crippen molar-refractivity contribution in [3.05, 3.63) is 22.4 Å². The van der Waals surface area contributed by atoms with E-state index < -0.39 is 0 Å². The minimum atomic E-state index is 0.370. The van der Waals surface area contributed by atoms with Gasteiger partial charge in [0.25, 0.3) is 0 Å². The van der Waals surface area contributed by atoms with Crippen LogP contribution in [0.4, 0.5) is 0 Å². The van der Waals surface area contributed by atoms with Crippen molar-refractivity contribution in [3.8, 4) is 10.8 Å². The Hall–Kier alpha value is -0.910. The van der Waals surface area contributed by atoms with Gasteiger partial charge in [0, 0.05) is 6.54 Å². The van der Waals surface area contributed by atoms with Gasteiger partial charge >= 0.3 is 0 Å². The fourth-order valence-corrected chi connectivity index (χ4v) is 2.24. The maximum Gasteiger partial charge on any atom is 0.194 e. The summed E-state index contributed by atoms with van der Waals surface area (Å²) in [5.74, 6) is 1.30. The van der Waals surface area contributed by atoms with E-state index in [0.29, 0.717) is 16.9 Å². The zero-order valence-corrected chi connectivity index (χ0v) is 11.3. The first-order valence-electron chi connectivity index (χ1n) is 5.44. The molecule has 0 aliphatic carbocycles. The number of hydrogen-bond acceptors (Lipinski definition) is 5. The summed E-state index contributed by atoms with van der Waals surface area (Å²) in [5, 5.41) is 13.6. The maximum absolute atomic E-state index is 5.71. The van der Waals surface area contributed by atoms with Crippen molar-refractivity contribution in [3.63, 3.8) is 0 Å². The Morgan fingerprint density at radius 3 is 2.88 bits per heavy atom. The summed E-state index contributed by atoms with van der Waals surface area (Å²) in [6.07, 6.45) is 0. The van der Waals surface area contributed by atoms with Gasteiger partial charge in [0.1, 0.15) is 5.01 Å². The summed E-state index contributed by atoms with van der Waals surface area (Å²) in [6.45, 7) is 6.05. The molecule has 6 heteroatoms. The van der Waals surface area contributed by atoms with Crippen molar-refractivity contribution in [1.29, 1.82) is 0 Å². The largest absolute Gasteiger partial charge is 0.442 e. The molecule has 1 N–H and O–H groups in total. The van der Waals surface area contributed by atoms with Gasteiger partial charge in [-0.15, -0.1) is 10.2 Å². The molecule has 0 radical (unpaired) electrons. The fourth-order valence-electron chi connectivity index (χ4n) is 1.32. The molecule has 2 aromatic heterocycles. The van der Waals surface area contributed by atoms with Crippen LogP contribution in [0.2, 0.25) is 5.22 Å². The molecule has 0 aliphatic heterocycles. The van der Waals surface area contributed by atoms with Crippen LogP contribution in [0.3, 0.4) is 0 Å². The number of rotatable bonds is 5. The fraction of sp³-hybridized carbons (Fsp3) is 0.455. The molecule has 17 heavy (non-hydrogen) atoms. The third kappa shape index (κ3) is 3.52. The van der Waals surface area contributed by atoms with E-state index in [-0.39, 0.29) is 0 Å². The highest BCUT2D eigenvalue weighted by Crippen LogP contribution is 2.27. The minimum Gasteiger partial charge on any atom is -0.442 e. The summed E-state index contributed by atoms with van der Waals surface area (Å²) >= 11 is 7.23. The van der Waals surface area contributed by atoms with Crippen LogP contribution in [0.15, 0.2) is 16.5 Å². The van der Waals surface area contributed by atoms with E-state index >= 15 is 0 Å². The Balaban J connectivity index is 1.96. The minimum absolute atomic E-state index is 0.370. The number of aromatic nitrogens is 2. The third-order valence-corrected chi connectivity index (χ3v) is 3.22. The number of hydrogen-bond donors (Lipinski definition) is 1. The average Bonchev–Trinajstić information content (AvgIpc) is 2.86. The Bertz CT molecular complexity index is 481. The Morgan fingerprint density at radius 1 is 1.41 bits per heavy atom. The van der Waals surface area contributed by atoms with Gasteiger partial charge in [0.15, 0.2) is 16.0 Å². The second-order valence-corrected chi connectivity index (χ2v) is 5.56. The van der Waals surface area contributed by atoms with Crippen molar-refractivity contribution >= 4 is 22.9 Å². The zero-order valence-electron chi connectivity index (χ0n) is 9.74. The first-order chi connectivity index (χ1) is 8.15. The highest BCUT2D eigenvalue weighted by Gasteiger charge is 2.10. The second-order valence-electron chi connectivity index (χ2n) is 4.13. The van der Waals surface area contributed by atoms with Gasteiger partial charge in [0.2, 0.25) is 0 Å². The van der Waals surface area contributed by atoms with E-state index in [1.165, 1.54) is 11.3 Å². The van der Waals surface area contributed by atoms with Crippen LogP contribution in [-0.2, 0) is 6.54 Å². The molecule has 0 saturated heterocycles. The van der Waals surface area contributed by atoms with E-state index in [4.69, 9.17) is 16.0 Å². The van der Waals surface area contributed by atoms with Gasteiger partial charge in [-0.3, -0.25) is 0 Å². The molecule has 2 aromatic rings. The molecule has 0 atom stereocenters. The highest BCUT2D eigenvalue weighted by molar-refractivity contribution is 7.14. The molecule has 0 aromatic carbocycles. The van der Waals surface area contributed by atoms with Crippen LogP contribution in [0.25, 0.3) is 10.8 Å². The topological polar surface area (TPSA) is 51.0 Å². The number of furan rings is 1. The second kappa shape index (κ2) is 5.62. The van der Waals surface area contributed by atoms with Gasteiger partial charge in [-0.25, -0.2) is 0 Å². The monoisotopic (exact) mass is 271 g/mol. The van der Waals surface area contributed by atoms with E-state index in [1.807, 2.05) is 0 Å². The lowest BCUT2D eigenvalue weighted by molar-refractivity contribution is 0.550. The molecule has 0 unspecified atom stereocenters. The highest BCUT2D eigenvalue weighted by atomic mass is 35.5. The first-order valence-corrected chi connectivity index (χ1v) is 6.63. The maximum atomic E-state index is 5.71. The average molecular weight is 272 g/mol. The van der Waals surface area contributed by atoms with Crippen molar-refractivity contribution in [2.75, 3.05) is 6.54 Å². The molecule has 0 bridgehead atoms. The lowest BCUT2D eigenvalue weighted by Gasteiger charge is -2.03. The SMILES string of the molecule is CC(C)CNCc1nnc(-c2ccc(Cl)o2)s1. The Morgan fingerprint density at radius 2 is 2.24 bits per heavy atom. The molecule has 0 aliphatic rings. The van der Waals surface area contributed by atoms with E-state index in [2.05, 4.69) is 29.4 Å². The van der Waals surface area contributed by atoms with Gasteiger partial charge in [-0.1, -0.05) is 25.2 Å². The van der Waals surface area contributed by atoms with Crippen LogP contribution < -0.4 is 5.32 Å². The van der Waals surface area contributed by atoms with Crippen LogP contribution in [0.5, 0.6) is 0 Å². The quantitative estimate of drug-likeness (QED) is 0.907. The number of halogens is 1. The van der Waals surface area contributed by atoms with Crippen LogP contribution >= 0.6 is 22.9 Å². The van der Waals surface area contributed by atoms with Crippen molar-refractivity contribution in [1.82, 2.24) is 15.5 Å². The molecule has 2 heterocycles. The van der Waals surface area contributed by atoms with Crippen LogP contribution in [0, 0.1) is 5.92 Å². The Kier molecular flexibility index (Phi) is 4.15. The van der Waals surface area contributed by atoms with E-state index in [1.54, 1.807) is 12.1 Å². The lowest BCUT2D eigenvalue weighted by atomic mass is 10.2. The molecule has 2 rings (SSSR count). The van der Waals surface area contributed by atoms with Crippen molar-refractivity contribution < 1.29 is 4.42 Å². The van der Waals surface area contributed by atoms with Crippen molar-refractivity contribution in [2.45, 2.75) is 20.4 Å². The van der Waals surface area contributed by atoms with Gasteiger partial charge < -0.3 is 9.73 Å². The summed E-state index contributed by atoms with van der Waals surface area (Å²) in [7, 11) is 0. The standard InChI is InChI=1S/C11H14ClN3OS/c1-7(2)5-13-6-10-14-15-11(17-10)8-3-4-9(12)16-8/h3-4,7,13H,5-6H2,1-2H3. The molecule has 4 nitrogen and oxygen atoms in total. The number of nitrogens with zero attached hydrogens (tertiary/aromatic N) is 2. The van der Waals surface area contributed by atoms with Crippen molar-refractivity contribution in [2.24, 2.45) is 5.92 Å². The molecule has 0 fully saturated rings.